The first-order valence-corrected chi connectivity index (χ1v) is 33.7. The monoisotopic (exact) mass is 1530 g/mol. The van der Waals surface area contributed by atoms with Crippen molar-refractivity contribution in [1.82, 2.24) is 19.6 Å². The number of benzene rings is 6. The number of carbonyl (C=O) groups excluding carboxylic acids is 7. The topological polar surface area (TPSA) is 188 Å². The molecule has 2 atom stereocenters. The van der Waals surface area contributed by atoms with Gasteiger partial charge in [-0.1, -0.05) is 166 Å². The van der Waals surface area contributed by atoms with Crippen LogP contribution in [0.1, 0.15) is 72.4 Å². The number of alkyl halides is 1. The van der Waals surface area contributed by atoms with Gasteiger partial charge in [-0.25, -0.2) is 19.2 Å². The number of hydrogen-bond acceptors (Lipinski definition) is 13. The number of carbonyl (C=O) groups is 7. The van der Waals surface area contributed by atoms with Crippen molar-refractivity contribution in [3.8, 4) is 0 Å². The van der Waals surface area contributed by atoms with E-state index < -0.39 is 18.0 Å². The van der Waals surface area contributed by atoms with Gasteiger partial charge >= 0.3 is 47.4 Å². The Morgan fingerprint density at radius 2 is 0.967 bits per heavy atom. The molecule has 24 heteroatoms. The maximum Gasteiger partial charge on any atom is 2.00 e. The summed E-state index contributed by atoms with van der Waals surface area (Å²) in [4.78, 5) is 88.0. The predicted molar refractivity (Wildman–Crippen MR) is 350 cm³/mol. The van der Waals surface area contributed by atoms with Gasteiger partial charge in [-0.3, -0.25) is 19.3 Å². The molecule has 6 aromatic carbocycles. The Bertz CT molecular complexity index is 3140. The first-order chi connectivity index (χ1) is 42.7. The number of halogens is 6. The minimum absolute atomic E-state index is 0. The summed E-state index contributed by atoms with van der Waals surface area (Å²) < 4.78 is 32.5. The number of rotatable bonds is 9. The molecular formula is C66H68Br4Cl2MgN4O13. The molecule has 1 spiro atoms. The van der Waals surface area contributed by atoms with E-state index in [1.54, 1.807) is 51.1 Å². The Balaban J connectivity index is 0.000000245. The van der Waals surface area contributed by atoms with Crippen LogP contribution < -0.4 is 17.0 Å². The Kier molecular flexibility index (Phi) is 36.2. The van der Waals surface area contributed by atoms with Crippen LogP contribution in [0.3, 0.4) is 0 Å². The number of allylic oxidation sites excluding steroid dienone is 1. The summed E-state index contributed by atoms with van der Waals surface area (Å²) in [5.74, 6) is -0.160. The van der Waals surface area contributed by atoms with Gasteiger partial charge in [0.15, 0.2) is 11.6 Å². The molecule has 5 heterocycles. The average Bonchev–Trinajstić information content (AvgIpc) is 2.30. The number of amides is 4. The molecule has 0 bridgehead atoms. The van der Waals surface area contributed by atoms with Gasteiger partial charge in [0.25, 0.3) is 0 Å². The zero-order valence-electron chi connectivity index (χ0n) is 49.3. The van der Waals surface area contributed by atoms with Crippen LogP contribution in [-0.2, 0) is 69.2 Å². The predicted octanol–water partition coefficient (Wildman–Crippen LogP) is 11.5. The van der Waals surface area contributed by atoms with Gasteiger partial charge in [0.2, 0.25) is 0 Å². The SMILES string of the molecule is BrBr.Clc1cc[c-]cc1.O=C(OCc1ccccc1)N1CCC2(OCCO2)C(Br)C1.O=C1C=CN(C(=O)OCc2ccccc2)CC1.O=C1CCN(C(=O)OCc2ccccc2)C(c2ccc(Cl)cc2)C1.O=C1CCN(C(=O)OCc2ccccc2)CC1.[Br-].[Mg+2]. The van der Waals surface area contributed by atoms with Gasteiger partial charge in [-0.05, 0) is 46.0 Å². The van der Waals surface area contributed by atoms with Crippen molar-refractivity contribution in [2.75, 3.05) is 52.5 Å². The van der Waals surface area contributed by atoms with E-state index in [0.29, 0.717) is 103 Å². The van der Waals surface area contributed by atoms with E-state index in [9.17, 15) is 33.6 Å². The van der Waals surface area contributed by atoms with Crippen molar-refractivity contribution in [3.63, 3.8) is 0 Å². The van der Waals surface area contributed by atoms with E-state index in [4.69, 9.17) is 51.6 Å². The molecular weight excluding hydrogens is 1470 g/mol. The molecule has 5 aliphatic heterocycles. The molecule has 0 saturated carbocycles. The van der Waals surface area contributed by atoms with Gasteiger partial charge < -0.3 is 60.1 Å². The van der Waals surface area contributed by atoms with Crippen molar-refractivity contribution >= 4 is 132 Å². The van der Waals surface area contributed by atoms with Crippen LogP contribution in [0, 0.1) is 6.07 Å². The summed E-state index contributed by atoms with van der Waals surface area (Å²) in [5.41, 5.74) is 4.72. The van der Waals surface area contributed by atoms with Crippen LogP contribution in [-0.4, -0.2) is 147 Å². The van der Waals surface area contributed by atoms with Crippen molar-refractivity contribution in [1.29, 1.82) is 0 Å². The van der Waals surface area contributed by atoms with Crippen LogP contribution >= 0.6 is 67.4 Å². The van der Waals surface area contributed by atoms with Crippen molar-refractivity contribution < 1.29 is 79.0 Å². The van der Waals surface area contributed by atoms with E-state index in [2.05, 4.69) is 50.3 Å². The van der Waals surface area contributed by atoms with E-state index in [1.807, 2.05) is 133 Å². The molecule has 4 amide bonds. The summed E-state index contributed by atoms with van der Waals surface area (Å²) in [5, 5.41) is 1.39. The Morgan fingerprint density at radius 3 is 1.40 bits per heavy atom. The zero-order chi connectivity index (χ0) is 62.9. The second kappa shape index (κ2) is 42.5. The summed E-state index contributed by atoms with van der Waals surface area (Å²) in [7, 11) is 0. The number of ketones is 3. The molecule has 0 aromatic heterocycles. The third kappa shape index (κ3) is 26.9. The van der Waals surface area contributed by atoms with Crippen molar-refractivity contribution in [2.24, 2.45) is 0 Å². The fourth-order valence-electron chi connectivity index (χ4n) is 9.11. The number of Topliss-reactive ketones (excluding diaryl/α,β-unsaturated/α-hetero) is 2. The van der Waals surface area contributed by atoms with Gasteiger partial charge in [0.05, 0.1) is 24.1 Å². The summed E-state index contributed by atoms with van der Waals surface area (Å²) in [6.45, 7) is 5.09. The smallest absolute Gasteiger partial charge is 1.00 e. The van der Waals surface area contributed by atoms with Gasteiger partial charge in [-0.2, -0.15) is 30.3 Å². The maximum absolute atomic E-state index is 12.5. The number of hydrogen-bond donors (Lipinski definition) is 0. The first kappa shape index (κ1) is 76.8. The molecule has 4 fully saturated rings. The molecule has 0 aliphatic carbocycles. The van der Waals surface area contributed by atoms with E-state index in [1.165, 1.54) is 17.2 Å². The summed E-state index contributed by atoms with van der Waals surface area (Å²) in [6, 6.07) is 55.2. The van der Waals surface area contributed by atoms with E-state index in [-0.39, 0.29) is 100 Å². The van der Waals surface area contributed by atoms with E-state index >= 15 is 0 Å². The summed E-state index contributed by atoms with van der Waals surface area (Å²) >= 11 is 20.5. The second-order valence-electron chi connectivity index (χ2n) is 20.1. The normalized spacial score (nSPS) is 16.9. The van der Waals surface area contributed by atoms with Gasteiger partial charge in [-0.15, -0.1) is 11.6 Å². The van der Waals surface area contributed by atoms with Crippen LogP contribution in [0.25, 0.3) is 0 Å². The minimum Gasteiger partial charge on any atom is -1.00 e. The van der Waals surface area contributed by atoms with Gasteiger partial charge in [0.1, 0.15) is 38.0 Å². The number of likely N-dealkylation sites (tertiary alicyclic amines) is 3. The maximum atomic E-state index is 12.5. The number of ether oxygens (including phenoxy) is 6. The molecule has 4 saturated heterocycles. The Hall–Kier alpha value is -5.66. The zero-order valence-corrected chi connectivity index (χ0v) is 58.5. The molecule has 17 nitrogen and oxygen atoms in total. The molecule has 2 unspecified atom stereocenters. The molecule has 5 aliphatic rings. The third-order valence-electron chi connectivity index (χ3n) is 13.9. The standard InChI is InChI=1S/C19H18ClNO3.C15H18BrNO4.C13H15NO3.C13H13NO3.C6H4Cl.Br2.BrH.Mg/c20-16-8-6-15(7-9-16)18-12-17(22)10-11-21(18)19(23)24-13-14-4-2-1-3-5-14;16-13-10-17(7-6-15(13)20-8-9-21-15)14(18)19-11-12-4-2-1-3-5-12;2*15-12-6-8-14(9-7-12)13(16)17-10-11-4-2-1-3-5-11;7-6-4-2-1-3-5-6;1-2;;/h1-9,18H,10-13H2;1-5,13H,6-11H2;1-5H,6-10H2;1-6,8H,7,9-10H2;2-5H;;1H;/q;;;;-1;;;+2/p-1. The quantitative estimate of drug-likeness (QED) is 0.0576. The Morgan fingerprint density at radius 1 is 0.533 bits per heavy atom. The molecule has 6 aromatic rings. The third-order valence-corrected chi connectivity index (χ3v) is 15.4. The van der Waals surface area contributed by atoms with Crippen molar-refractivity contribution in [2.45, 2.75) is 81.6 Å². The summed E-state index contributed by atoms with van der Waals surface area (Å²) in [6.07, 6.45) is 4.00. The van der Waals surface area contributed by atoms with Gasteiger partial charge in [0, 0.05) is 117 Å². The largest absolute Gasteiger partial charge is 2.00 e. The van der Waals surface area contributed by atoms with Crippen LogP contribution in [0.15, 0.2) is 182 Å². The van der Waals surface area contributed by atoms with Crippen molar-refractivity contribution in [3.05, 3.63) is 226 Å². The van der Waals surface area contributed by atoms with Crippen LogP contribution in [0.4, 0.5) is 19.2 Å². The molecule has 0 radical (unpaired) electrons. The fourth-order valence-corrected chi connectivity index (χ4v) is 10.2. The molecule has 474 valence electrons. The minimum atomic E-state index is -0.573. The Labute approximate surface area is 585 Å². The first-order valence-electron chi connectivity index (χ1n) is 28.3. The molecule has 0 N–H and O–H groups in total. The van der Waals surface area contributed by atoms with E-state index in [0.717, 1.165) is 32.8 Å². The average molecular weight is 1540 g/mol. The molecule has 90 heavy (non-hydrogen) atoms. The van der Waals surface area contributed by atoms with Crippen LogP contribution in [0.2, 0.25) is 10.0 Å². The number of nitrogens with zero attached hydrogens (tertiary/aromatic N) is 4. The van der Waals surface area contributed by atoms with Crippen LogP contribution in [0.5, 0.6) is 0 Å². The number of piperidine rings is 3. The second-order valence-corrected chi connectivity index (χ2v) is 22.0. The molecule has 11 rings (SSSR count). The fraction of sp³-hybridized carbons (Fsp3) is 0.318.